The second-order valence-electron chi connectivity index (χ2n) is 5.22. The maximum atomic E-state index is 13.5. The fraction of sp³-hybridized carbons (Fsp3) is 0.286. The molecule has 3 heterocycles. The highest BCUT2D eigenvalue weighted by molar-refractivity contribution is 7.12. The van der Waals surface area contributed by atoms with Gasteiger partial charge in [-0.15, -0.1) is 11.3 Å². The number of nitrogens with one attached hydrogen (secondary N) is 2. The summed E-state index contributed by atoms with van der Waals surface area (Å²) in [6, 6.07) is 1.92. The van der Waals surface area contributed by atoms with Crippen molar-refractivity contribution in [1.82, 2.24) is 10.6 Å². The number of hydrogen-bond donors (Lipinski definition) is 3. The minimum absolute atomic E-state index is 0.0702. The average molecular weight is 376 g/mol. The molecule has 128 valence electrons. The van der Waals surface area contributed by atoms with Crippen molar-refractivity contribution in [2.24, 2.45) is 5.92 Å². The summed E-state index contributed by atoms with van der Waals surface area (Å²) in [6.45, 7) is 0. The normalized spacial score (nSPS) is 27.4. The smallest absolute Gasteiger partial charge is 0.363 e. The van der Waals surface area contributed by atoms with E-state index in [2.05, 4.69) is 5.32 Å². The summed E-state index contributed by atoms with van der Waals surface area (Å²) < 4.78 is 40.6. The zero-order valence-electron chi connectivity index (χ0n) is 11.8. The zero-order valence-corrected chi connectivity index (χ0v) is 13.5. The first-order chi connectivity index (χ1) is 11.2. The molecule has 3 rings (SSSR count). The van der Waals surface area contributed by atoms with Gasteiger partial charge < -0.3 is 15.7 Å². The molecule has 5 nitrogen and oxygen atoms in total. The summed E-state index contributed by atoms with van der Waals surface area (Å²) >= 11 is 2.18. The Morgan fingerprint density at radius 3 is 2.58 bits per heavy atom. The maximum Gasteiger partial charge on any atom is 0.437 e. The number of ketones is 1. The number of alkyl halides is 3. The molecule has 0 radical (unpaired) electrons. The standard InChI is InChI=1S/C14H11F3N2O3S2/c15-14(16,17)13(22)9(11(20)8-2-1-4-24-8)10(18-12(21)19-13)7-3-5-23-6-7/h1-6,9-10,22H,(H2,18,19,21). The van der Waals surface area contributed by atoms with Crippen molar-refractivity contribution in [2.75, 3.05) is 0 Å². The fourth-order valence-corrected chi connectivity index (χ4v) is 4.04. The van der Waals surface area contributed by atoms with E-state index in [0.717, 1.165) is 11.3 Å². The number of aliphatic hydroxyl groups is 1. The van der Waals surface area contributed by atoms with Crippen molar-refractivity contribution in [2.45, 2.75) is 17.9 Å². The van der Waals surface area contributed by atoms with Crippen LogP contribution in [0.5, 0.6) is 0 Å². The molecular formula is C14H11F3N2O3S2. The van der Waals surface area contributed by atoms with Crippen LogP contribution < -0.4 is 10.6 Å². The van der Waals surface area contributed by atoms with Gasteiger partial charge in [-0.25, -0.2) is 4.79 Å². The van der Waals surface area contributed by atoms with Crippen molar-refractivity contribution >= 4 is 34.5 Å². The lowest BCUT2D eigenvalue weighted by Crippen LogP contribution is -2.72. The molecular weight excluding hydrogens is 365 g/mol. The minimum Gasteiger partial charge on any atom is -0.363 e. The van der Waals surface area contributed by atoms with E-state index in [4.69, 9.17) is 0 Å². The van der Waals surface area contributed by atoms with E-state index in [1.54, 1.807) is 10.8 Å². The van der Waals surface area contributed by atoms with Gasteiger partial charge in [0.05, 0.1) is 10.9 Å². The molecule has 0 aliphatic carbocycles. The van der Waals surface area contributed by atoms with Gasteiger partial charge in [0.25, 0.3) is 0 Å². The predicted molar refractivity (Wildman–Crippen MR) is 81.9 cm³/mol. The highest BCUT2D eigenvalue weighted by Gasteiger charge is 2.66. The molecule has 0 saturated carbocycles. The van der Waals surface area contributed by atoms with Crippen molar-refractivity contribution in [3.8, 4) is 0 Å². The van der Waals surface area contributed by atoms with E-state index in [0.29, 0.717) is 5.56 Å². The number of hydrogen-bond acceptors (Lipinski definition) is 5. The van der Waals surface area contributed by atoms with Gasteiger partial charge in [0.1, 0.15) is 5.92 Å². The first kappa shape index (κ1) is 16.9. The van der Waals surface area contributed by atoms with Crippen LogP contribution in [0.1, 0.15) is 21.3 Å². The molecule has 0 bridgehead atoms. The molecule has 1 fully saturated rings. The minimum atomic E-state index is -5.23. The van der Waals surface area contributed by atoms with Gasteiger partial charge in [-0.1, -0.05) is 6.07 Å². The van der Waals surface area contributed by atoms with Crippen LogP contribution in [0.4, 0.5) is 18.0 Å². The number of Topliss-reactive ketones (excluding diaryl/α,β-unsaturated/α-hetero) is 1. The first-order valence-electron chi connectivity index (χ1n) is 6.71. The maximum absolute atomic E-state index is 13.5. The lowest BCUT2D eigenvalue weighted by atomic mass is 9.79. The van der Waals surface area contributed by atoms with Crippen molar-refractivity contribution < 1.29 is 27.9 Å². The molecule has 0 aromatic carbocycles. The third kappa shape index (κ3) is 2.70. The first-order valence-corrected chi connectivity index (χ1v) is 8.54. The Kier molecular flexibility index (Phi) is 4.14. The molecule has 10 heteroatoms. The second-order valence-corrected chi connectivity index (χ2v) is 6.94. The average Bonchev–Trinajstić information content (AvgIpc) is 3.18. The van der Waals surface area contributed by atoms with Crippen LogP contribution in [0.3, 0.4) is 0 Å². The predicted octanol–water partition coefficient (Wildman–Crippen LogP) is 2.91. The van der Waals surface area contributed by atoms with Gasteiger partial charge in [-0.05, 0) is 33.8 Å². The third-order valence-electron chi connectivity index (χ3n) is 3.76. The number of urea groups is 1. The highest BCUT2D eigenvalue weighted by Crippen LogP contribution is 2.44. The molecule has 3 atom stereocenters. The number of amides is 2. The molecule has 1 saturated heterocycles. The third-order valence-corrected chi connectivity index (χ3v) is 5.34. The van der Waals surface area contributed by atoms with Crippen molar-refractivity contribution in [1.29, 1.82) is 0 Å². The Labute approximate surface area is 142 Å². The van der Waals surface area contributed by atoms with Crippen LogP contribution in [0, 0.1) is 5.92 Å². The van der Waals surface area contributed by atoms with E-state index < -0.39 is 35.7 Å². The quantitative estimate of drug-likeness (QED) is 0.721. The number of halogens is 3. The largest absolute Gasteiger partial charge is 0.437 e. The molecule has 3 N–H and O–H groups in total. The lowest BCUT2D eigenvalue weighted by Gasteiger charge is -2.44. The molecule has 1 aliphatic heterocycles. The second kappa shape index (κ2) is 5.87. The van der Waals surface area contributed by atoms with E-state index in [1.807, 2.05) is 0 Å². The van der Waals surface area contributed by atoms with Crippen LogP contribution in [0.25, 0.3) is 0 Å². The molecule has 24 heavy (non-hydrogen) atoms. The van der Waals surface area contributed by atoms with E-state index in [1.165, 1.54) is 40.2 Å². The van der Waals surface area contributed by atoms with E-state index in [-0.39, 0.29) is 4.88 Å². The number of carbonyl (C=O) groups excluding carboxylic acids is 2. The van der Waals surface area contributed by atoms with Gasteiger partial charge >= 0.3 is 12.2 Å². The Morgan fingerprint density at radius 2 is 2.04 bits per heavy atom. The monoisotopic (exact) mass is 376 g/mol. The van der Waals surface area contributed by atoms with Crippen LogP contribution in [-0.4, -0.2) is 28.8 Å². The number of rotatable bonds is 3. The van der Waals surface area contributed by atoms with Gasteiger partial charge in [-0.3, -0.25) is 4.79 Å². The van der Waals surface area contributed by atoms with Crippen LogP contribution in [0.15, 0.2) is 34.3 Å². The molecule has 2 amide bonds. The van der Waals surface area contributed by atoms with E-state index >= 15 is 0 Å². The Morgan fingerprint density at radius 1 is 1.29 bits per heavy atom. The zero-order chi connectivity index (χ0) is 17.5. The Bertz CT molecular complexity index is 746. The molecule has 1 aliphatic rings. The summed E-state index contributed by atoms with van der Waals surface area (Å²) in [6.07, 6.45) is -5.23. The molecule has 2 aromatic heterocycles. The van der Waals surface area contributed by atoms with Crippen LogP contribution in [-0.2, 0) is 0 Å². The van der Waals surface area contributed by atoms with Gasteiger partial charge in [0.2, 0.25) is 5.72 Å². The van der Waals surface area contributed by atoms with Crippen molar-refractivity contribution in [3.05, 3.63) is 44.8 Å². The SMILES string of the molecule is O=C1NC(c2ccsc2)C(C(=O)c2cccs2)C(O)(C(F)(F)F)N1. The Hall–Kier alpha value is -1.91. The summed E-state index contributed by atoms with van der Waals surface area (Å²) in [5, 5.41) is 18.8. The summed E-state index contributed by atoms with van der Waals surface area (Å²) in [7, 11) is 0. The summed E-state index contributed by atoms with van der Waals surface area (Å²) in [4.78, 5) is 24.5. The number of thiophene rings is 2. The van der Waals surface area contributed by atoms with Crippen LogP contribution in [0.2, 0.25) is 0 Å². The van der Waals surface area contributed by atoms with Gasteiger partial charge in [0, 0.05) is 0 Å². The molecule has 0 spiro atoms. The van der Waals surface area contributed by atoms with Crippen molar-refractivity contribution in [3.63, 3.8) is 0 Å². The number of carbonyl (C=O) groups is 2. The highest BCUT2D eigenvalue weighted by atomic mass is 32.1. The topological polar surface area (TPSA) is 78.4 Å². The fourth-order valence-electron chi connectivity index (χ4n) is 2.64. The lowest BCUT2D eigenvalue weighted by molar-refractivity contribution is -0.287. The van der Waals surface area contributed by atoms with E-state index in [9.17, 15) is 27.9 Å². The molecule has 3 unspecified atom stereocenters. The Balaban J connectivity index is 2.13. The summed E-state index contributed by atoms with van der Waals surface area (Å²) in [5.74, 6) is -2.85. The van der Waals surface area contributed by atoms with Gasteiger partial charge in [-0.2, -0.15) is 24.5 Å². The van der Waals surface area contributed by atoms with Gasteiger partial charge in [0.15, 0.2) is 5.78 Å². The summed E-state index contributed by atoms with van der Waals surface area (Å²) in [5.41, 5.74) is -3.34. The van der Waals surface area contributed by atoms with Crippen LogP contribution >= 0.6 is 22.7 Å². The molecule has 2 aromatic rings.